The third-order valence-corrected chi connectivity index (χ3v) is 6.12. The zero-order chi connectivity index (χ0) is 17.9. The van der Waals surface area contributed by atoms with Gasteiger partial charge in [0.25, 0.3) is 0 Å². The predicted molar refractivity (Wildman–Crippen MR) is 107 cm³/mol. The van der Waals surface area contributed by atoms with Gasteiger partial charge in [-0.05, 0) is 41.6 Å². The minimum atomic E-state index is 0.0287. The molecule has 0 aliphatic heterocycles. The third kappa shape index (κ3) is 3.43. The lowest BCUT2D eigenvalue weighted by Crippen LogP contribution is -2.31. The predicted octanol–water partition coefficient (Wildman–Crippen LogP) is 5.29. The Morgan fingerprint density at radius 1 is 1.19 bits per heavy atom. The highest BCUT2D eigenvalue weighted by atomic mass is 32.1. The number of hydrogen-bond acceptors (Lipinski definition) is 5. The Morgan fingerprint density at radius 3 is 2.85 bits per heavy atom. The van der Waals surface area contributed by atoms with E-state index in [0.717, 1.165) is 32.4 Å². The molecule has 0 aliphatic rings. The van der Waals surface area contributed by atoms with Crippen LogP contribution in [0.2, 0.25) is 0 Å². The van der Waals surface area contributed by atoms with Gasteiger partial charge in [-0.1, -0.05) is 36.5 Å². The van der Waals surface area contributed by atoms with Gasteiger partial charge in [-0.25, -0.2) is 4.98 Å². The van der Waals surface area contributed by atoms with Crippen molar-refractivity contribution in [1.82, 2.24) is 4.98 Å². The molecule has 0 N–H and O–H groups in total. The molecule has 4 aromatic rings. The molecule has 0 atom stereocenters. The Hall–Kier alpha value is -2.44. The minimum Gasteiger partial charge on any atom is -0.467 e. The van der Waals surface area contributed by atoms with Gasteiger partial charge in [0.15, 0.2) is 5.13 Å². The number of aromatic nitrogens is 1. The topological polar surface area (TPSA) is 46.3 Å². The van der Waals surface area contributed by atoms with Crippen LogP contribution in [0, 0.1) is 0 Å². The fourth-order valence-electron chi connectivity index (χ4n) is 2.87. The summed E-state index contributed by atoms with van der Waals surface area (Å²) < 4.78 is 6.58. The molecule has 1 aromatic carbocycles. The van der Waals surface area contributed by atoms with Gasteiger partial charge in [-0.3, -0.25) is 9.69 Å². The van der Waals surface area contributed by atoms with Crippen LogP contribution in [0.25, 0.3) is 10.2 Å². The first-order chi connectivity index (χ1) is 12.7. The molecule has 132 valence electrons. The van der Waals surface area contributed by atoms with Crippen molar-refractivity contribution in [3.8, 4) is 0 Å². The summed E-state index contributed by atoms with van der Waals surface area (Å²) in [5.74, 6) is 0.778. The summed E-state index contributed by atoms with van der Waals surface area (Å²) in [5, 5.41) is 2.71. The van der Waals surface area contributed by atoms with Crippen molar-refractivity contribution in [3.05, 3.63) is 70.3 Å². The molecule has 0 spiro atoms. The van der Waals surface area contributed by atoms with Gasteiger partial charge >= 0.3 is 0 Å². The van der Waals surface area contributed by atoms with E-state index in [1.807, 2.05) is 35.7 Å². The number of hydrogen-bond donors (Lipinski definition) is 0. The molecule has 0 unspecified atom stereocenters. The standard InChI is InChI=1S/C20H18N2O2S2/c1-2-14-6-3-9-17-19(14)21-20(26-17)22(13-15-7-4-10-24-15)18(23)12-16-8-5-11-25-16/h3-11H,2,12-13H2,1H3. The first kappa shape index (κ1) is 17.0. The van der Waals surface area contributed by atoms with Gasteiger partial charge < -0.3 is 4.42 Å². The van der Waals surface area contributed by atoms with Crippen LogP contribution >= 0.6 is 22.7 Å². The number of thiazole rings is 1. The zero-order valence-corrected chi connectivity index (χ0v) is 16.0. The van der Waals surface area contributed by atoms with E-state index in [4.69, 9.17) is 9.40 Å². The van der Waals surface area contributed by atoms with Gasteiger partial charge in [0.1, 0.15) is 5.76 Å². The number of anilines is 1. The maximum Gasteiger partial charge on any atom is 0.234 e. The number of benzene rings is 1. The summed E-state index contributed by atoms with van der Waals surface area (Å²) in [6, 6.07) is 13.9. The van der Waals surface area contributed by atoms with Crippen LogP contribution in [0.5, 0.6) is 0 Å². The number of aryl methyl sites for hydroxylation is 1. The van der Waals surface area contributed by atoms with E-state index in [1.165, 1.54) is 5.56 Å². The summed E-state index contributed by atoms with van der Waals surface area (Å²) in [6.45, 7) is 2.51. The molecule has 6 heteroatoms. The van der Waals surface area contributed by atoms with Crippen LogP contribution in [-0.4, -0.2) is 10.9 Å². The van der Waals surface area contributed by atoms with Crippen molar-refractivity contribution in [2.45, 2.75) is 26.3 Å². The highest BCUT2D eigenvalue weighted by Crippen LogP contribution is 2.32. The van der Waals surface area contributed by atoms with Crippen LogP contribution in [0.3, 0.4) is 0 Å². The molecule has 3 aromatic heterocycles. The second-order valence-electron chi connectivity index (χ2n) is 5.93. The van der Waals surface area contributed by atoms with E-state index in [0.29, 0.717) is 13.0 Å². The van der Waals surface area contributed by atoms with Crippen molar-refractivity contribution >= 4 is 43.9 Å². The molecule has 0 bridgehead atoms. The van der Waals surface area contributed by atoms with E-state index in [2.05, 4.69) is 19.1 Å². The first-order valence-electron chi connectivity index (χ1n) is 8.48. The van der Waals surface area contributed by atoms with Gasteiger partial charge in [-0.15, -0.1) is 11.3 Å². The third-order valence-electron chi connectivity index (χ3n) is 4.20. The summed E-state index contributed by atoms with van der Waals surface area (Å²) in [6.07, 6.45) is 2.92. The van der Waals surface area contributed by atoms with Crippen molar-refractivity contribution in [3.63, 3.8) is 0 Å². The quantitative estimate of drug-likeness (QED) is 0.455. The van der Waals surface area contributed by atoms with Crippen molar-refractivity contribution in [2.24, 2.45) is 0 Å². The van der Waals surface area contributed by atoms with E-state index in [9.17, 15) is 4.79 Å². The van der Waals surface area contributed by atoms with Crippen LogP contribution in [0.1, 0.15) is 23.1 Å². The van der Waals surface area contributed by atoms with E-state index >= 15 is 0 Å². The molecule has 0 fully saturated rings. The largest absolute Gasteiger partial charge is 0.467 e. The summed E-state index contributed by atoms with van der Waals surface area (Å²) in [5.41, 5.74) is 2.19. The summed E-state index contributed by atoms with van der Waals surface area (Å²) in [4.78, 5) is 20.6. The normalized spacial score (nSPS) is 11.1. The first-order valence-corrected chi connectivity index (χ1v) is 10.2. The SMILES string of the molecule is CCc1cccc2sc(N(Cc3ccco3)C(=O)Cc3cccs3)nc12. The highest BCUT2D eigenvalue weighted by molar-refractivity contribution is 7.22. The second kappa shape index (κ2) is 7.43. The van der Waals surface area contributed by atoms with Crippen LogP contribution < -0.4 is 4.90 Å². The number of para-hydroxylation sites is 1. The fourth-order valence-corrected chi connectivity index (χ4v) is 4.60. The monoisotopic (exact) mass is 382 g/mol. The Labute approximate surface area is 159 Å². The lowest BCUT2D eigenvalue weighted by atomic mass is 10.1. The molecule has 0 aliphatic carbocycles. The Balaban J connectivity index is 1.71. The highest BCUT2D eigenvalue weighted by Gasteiger charge is 2.22. The Morgan fingerprint density at radius 2 is 2.12 bits per heavy atom. The van der Waals surface area contributed by atoms with Crippen molar-refractivity contribution in [2.75, 3.05) is 4.90 Å². The lowest BCUT2D eigenvalue weighted by molar-refractivity contribution is -0.118. The number of amides is 1. The summed E-state index contributed by atoms with van der Waals surface area (Å²) >= 11 is 3.15. The minimum absolute atomic E-state index is 0.0287. The van der Waals surface area contributed by atoms with Gasteiger partial charge in [0, 0.05) is 4.88 Å². The fraction of sp³-hybridized carbons (Fsp3) is 0.200. The van der Waals surface area contributed by atoms with Crippen LogP contribution in [0.15, 0.2) is 58.5 Å². The van der Waals surface area contributed by atoms with Crippen LogP contribution in [0.4, 0.5) is 5.13 Å². The Bertz CT molecular complexity index is 1000. The molecular weight excluding hydrogens is 364 g/mol. The van der Waals surface area contributed by atoms with Crippen molar-refractivity contribution in [1.29, 1.82) is 0 Å². The smallest absolute Gasteiger partial charge is 0.234 e. The lowest BCUT2D eigenvalue weighted by Gasteiger charge is -2.18. The molecule has 4 rings (SSSR count). The molecule has 3 heterocycles. The maximum atomic E-state index is 13.0. The van der Waals surface area contributed by atoms with E-state index in [1.54, 1.807) is 33.8 Å². The van der Waals surface area contributed by atoms with E-state index < -0.39 is 0 Å². The number of fused-ring (bicyclic) bond motifs is 1. The number of carbonyl (C=O) groups excluding carboxylic acids is 1. The Kier molecular flexibility index (Phi) is 4.86. The number of nitrogens with zero attached hydrogens (tertiary/aromatic N) is 2. The molecule has 1 amide bonds. The van der Waals surface area contributed by atoms with Gasteiger partial charge in [-0.2, -0.15) is 0 Å². The average Bonchev–Trinajstić information content (AvgIpc) is 3.39. The molecule has 4 nitrogen and oxygen atoms in total. The zero-order valence-electron chi connectivity index (χ0n) is 14.3. The van der Waals surface area contributed by atoms with Crippen molar-refractivity contribution < 1.29 is 9.21 Å². The molecule has 0 saturated carbocycles. The van der Waals surface area contributed by atoms with Crippen LogP contribution in [-0.2, 0) is 24.2 Å². The molecular formula is C20H18N2O2S2. The molecule has 0 radical (unpaired) electrons. The maximum absolute atomic E-state index is 13.0. The second-order valence-corrected chi connectivity index (χ2v) is 7.97. The van der Waals surface area contributed by atoms with Gasteiger partial charge in [0.2, 0.25) is 5.91 Å². The summed E-state index contributed by atoms with van der Waals surface area (Å²) in [7, 11) is 0. The van der Waals surface area contributed by atoms with E-state index in [-0.39, 0.29) is 5.91 Å². The molecule has 0 saturated heterocycles. The number of carbonyl (C=O) groups is 1. The van der Waals surface area contributed by atoms with Gasteiger partial charge in [0.05, 0.1) is 29.4 Å². The number of thiophene rings is 1. The number of rotatable bonds is 6. The number of furan rings is 1. The molecule has 26 heavy (non-hydrogen) atoms. The average molecular weight is 383 g/mol.